The molecule has 184 valence electrons. The highest BCUT2D eigenvalue weighted by molar-refractivity contribution is 6.74. The Kier molecular flexibility index (Phi) is 8.68. The number of nitrogens with zero attached hydrogens (tertiary/aromatic N) is 2. The lowest BCUT2D eigenvalue weighted by Gasteiger charge is -2.40. The number of aromatic amines is 1. The van der Waals surface area contributed by atoms with Crippen molar-refractivity contribution < 1.29 is 19.0 Å². The molecule has 0 radical (unpaired) electrons. The van der Waals surface area contributed by atoms with E-state index >= 15 is 0 Å². The van der Waals surface area contributed by atoms with Crippen LogP contribution in [0.4, 0.5) is 0 Å². The summed E-state index contributed by atoms with van der Waals surface area (Å²) in [6.45, 7) is 15.6. The maximum absolute atomic E-state index is 12.3. The van der Waals surface area contributed by atoms with Gasteiger partial charge in [0.05, 0.1) is 13.2 Å². The van der Waals surface area contributed by atoms with Crippen molar-refractivity contribution in [2.45, 2.75) is 83.3 Å². The zero-order chi connectivity index (χ0) is 24.4. The van der Waals surface area contributed by atoms with E-state index in [1.165, 1.54) is 16.8 Å². The SMILES string of the molecule is CC(COC[C@H]1O[C@@H](n2ccc(=O)[nH]c2=O)C(O)C1O[Si](C)(C)C(C)(C)C)C(C)N(C)C. The molecule has 1 aliphatic heterocycles. The van der Waals surface area contributed by atoms with Crippen LogP contribution in [0.5, 0.6) is 0 Å². The highest BCUT2D eigenvalue weighted by Gasteiger charge is 2.50. The Morgan fingerprint density at radius 2 is 1.91 bits per heavy atom. The Balaban J connectivity index is 2.23. The average molecular weight is 472 g/mol. The van der Waals surface area contributed by atoms with Crippen LogP contribution >= 0.6 is 0 Å². The first kappa shape index (κ1) is 26.9. The maximum Gasteiger partial charge on any atom is 0.330 e. The number of aliphatic hydroxyl groups is 1. The average Bonchev–Trinajstić information content (AvgIpc) is 2.95. The number of hydrogen-bond acceptors (Lipinski definition) is 7. The summed E-state index contributed by atoms with van der Waals surface area (Å²) in [4.78, 5) is 28.1. The molecule has 1 fully saturated rings. The molecule has 6 atom stereocenters. The molecule has 1 aromatic rings. The van der Waals surface area contributed by atoms with Gasteiger partial charge in [0.15, 0.2) is 14.5 Å². The van der Waals surface area contributed by atoms with Crippen LogP contribution in [0.1, 0.15) is 40.8 Å². The molecule has 0 bridgehead atoms. The van der Waals surface area contributed by atoms with E-state index in [-0.39, 0.29) is 11.6 Å². The third-order valence-electron chi connectivity index (χ3n) is 6.97. The molecule has 2 rings (SSSR count). The summed E-state index contributed by atoms with van der Waals surface area (Å²) in [6, 6.07) is 1.58. The topological polar surface area (TPSA) is 106 Å². The minimum atomic E-state index is -2.25. The molecule has 0 saturated carbocycles. The van der Waals surface area contributed by atoms with Gasteiger partial charge >= 0.3 is 5.69 Å². The van der Waals surface area contributed by atoms with Crippen molar-refractivity contribution in [3.63, 3.8) is 0 Å². The van der Waals surface area contributed by atoms with Crippen LogP contribution in [0.2, 0.25) is 18.1 Å². The number of nitrogens with one attached hydrogen (secondary N) is 1. The van der Waals surface area contributed by atoms with E-state index in [2.05, 4.69) is 57.6 Å². The zero-order valence-electron chi connectivity index (χ0n) is 20.9. The molecule has 0 amide bonds. The zero-order valence-corrected chi connectivity index (χ0v) is 21.9. The summed E-state index contributed by atoms with van der Waals surface area (Å²) in [5, 5.41) is 11.1. The van der Waals surface area contributed by atoms with Crippen LogP contribution in [0.3, 0.4) is 0 Å². The summed E-state index contributed by atoms with van der Waals surface area (Å²) < 4.78 is 19.8. The van der Waals surface area contributed by atoms with E-state index in [0.29, 0.717) is 18.6 Å². The predicted molar refractivity (Wildman–Crippen MR) is 126 cm³/mol. The Bertz CT molecular complexity index is 862. The fourth-order valence-corrected chi connectivity index (χ4v) is 4.72. The van der Waals surface area contributed by atoms with Gasteiger partial charge in [0, 0.05) is 18.3 Å². The van der Waals surface area contributed by atoms with Gasteiger partial charge in [0.2, 0.25) is 0 Å². The molecule has 10 heteroatoms. The first-order chi connectivity index (χ1) is 14.7. The number of aromatic nitrogens is 2. The molecule has 4 unspecified atom stereocenters. The standard InChI is InChI=1S/C22H41N3O6Si/c1-14(15(2)24(6)7)12-29-13-16-19(31-32(8,9)22(3,4)5)18(27)20(30-16)25-11-10-17(26)23-21(25)28/h10-11,14-16,18-20,27H,12-13H2,1-9H3,(H,23,26,28)/t14?,15?,16-,18?,19?,20-/m1/s1. The molecule has 2 N–H and O–H groups in total. The second-order valence-electron chi connectivity index (χ2n) is 10.6. The molecule has 1 aromatic heterocycles. The first-order valence-corrected chi connectivity index (χ1v) is 14.1. The van der Waals surface area contributed by atoms with Gasteiger partial charge in [-0.1, -0.05) is 27.7 Å². The molecule has 1 aliphatic rings. The van der Waals surface area contributed by atoms with Gasteiger partial charge < -0.3 is 23.9 Å². The van der Waals surface area contributed by atoms with E-state index in [9.17, 15) is 14.7 Å². The van der Waals surface area contributed by atoms with Gasteiger partial charge in [0.1, 0.15) is 18.3 Å². The predicted octanol–water partition coefficient (Wildman–Crippen LogP) is 1.79. The molecule has 32 heavy (non-hydrogen) atoms. The van der Waals surface area contributed by atoms with Crippen molar-refractivity contribution in [1.29, 1.82) is 0 Å². The lowest BCUT2D eigenvalue weighted by atomic mass is 10.0. The van der Waals surface area contributed by atoms with Gasteiger partial charge in [-0.05, 0) is 45.1 Å². The van der Waals surface area contributed by atoms with Crippen LogP contribution < -0.4 is 11.2 Å². The molecule has 2 heterocycles. The monoisotopic (exact) mass is 471 g/mol. The highest BCUT2D eigenvalue weighted by atomic mass is 28.4. The number of H-pyrrole nitrogens is 1. The fraction of sp³-hybridized carbons (Fsp3) is 0.818. The third kappa shape index (κ3) is 6.18. The Hall–Kier alpha value is -1.30. The first-order valence-electron chi connectivity index (χ1n) is 11.2. The van der Waals surface area contributed by atoms with Crippen molar-refractivity contribution in [2.24, 2.45) is 5.92 Å². The van der Waals surface area contributed by atoms with Crippen molar-refractivity contribution in [1.82, 2.24) is 14.5 Å². The van der Waals surface area contributed by atoms with E-state index in [1.54, 1.807) is 0 Å². The largest absolute Gasteiger partial charge is 0.408 e. The van der Waals surface area contributed by atoms with Gasteiger partial charge in [-0.2, -0.15) is 0 Å². The summed E-state index contributed by atoms with van der Waals surface area (Å²) in [5.41, 5.74) is -1.14. The van der Waals surface area contributed by atoms with Crippen LogP contribution in [0.15, 0.2) is 21.9 Å². The third-order valence-corrected chi connectivity index (χ3v) is 11.4. The molecule has 9 nitrogen and oxygen atoms in total. The molecule has 1 saturated heterocycles. The summed E-state index contributed by atoms with van der Waals surface area (Å²) >= 11 is 0. The van der Waals surface area contributed by atoms with Crippen LogP contribution in [-0.2, 0) is 13.9 Å². The van der Waals surface area contributed by atoms with Gasteiger partial charge in [0.25, 0.3) is 5.56 Å². The second kappa shape index (κ2) is 10.3. The van der Waals surface area contributed by atoms with Crippen molar-refractivity contribution >= 4 is 8.32 Å². The highest BCUT2D eigenvalue weighted by Crippen LogP contribution is 2.41. The van der Waals surface area contributed by atoms with Gasteiger partial charge in [-0.15, -0.1) is 0 Å². The van der Waals surface area contributed by atoms with Crippen molar-refractivity contribution in [2.75, 3.05) is 27.3 Å². The minimum absolute atomic E-state index is 0.0688. The molecule has 0 aliphatic carbocycles. The van der Waals surface area contributed by atoms with E-state index in [1.807, 2.05) is 14.1 Å². The summed E-state index contributed by atoms with van der Waals surface area (Å²) in [5.74, 6) is 0.300. The van der Waals surface area contributed by atoms with E-state index < -0.39 is 44.1 Å². The van der Waals surface area contributed by atoms with E-state index in [0.717, 1.165) is 0 Å². The molecular formula is C22H41N3O6Si. The van der Waals surface area contributed by atoms with Crippen molar-refractivity contribution in [3.8, 4) is 0 Å². The van der Waals surface area contributed by atoms with Gasteiger partial charge in [-0.25, -0.2) is 4.79 Å². The molecule has 0 spiro atoms. The quantitative estimate of drug-likeness (QED) is 0.529. The number of rotatable bonds is 9. The summed E-state index contributed by atoms with van der Waals surface area (Å²) in [6.07, 6.45) is -1.92. The molecular weight excluding hydrogens is 430 g/mol. The minimum Gasteiger partial charge on any atom is -0.408 e. The fourth-order valence-electron chi connectivity index (χ4n) is 3.39. The van der Waals surface area contributed by atoms with Gasteiger partial charge in [-0.3, -0.25) is 14.3 Å². The molecule has 0 aromatic carbocycles. The Morgan fingerprint density at radius 3 is 2.44 bits per heavy atom. The number of ether oxygens (including phenoxy) is 2. The number of hydrogen-bond donors (Lipinski definition) is 2. The Morgan fingerprint density at radius 1 is 1.28 bits per heavy atom. The van der Waals surface area contributed by atoms with Crippen LogP contribution in [0, 0.1) is 5.92 Å². The second-order valence-corrected chi connectivity index (χ2v) is 15.4. The van der Waals surface area contributed by atoms with Crippen molar-refractivity contribution in [3.05, 3.63) is 33.1 Å². The summed E-state index contributed by atoms with van der Waals surface area (Å²) in [7, 11) is 1.82. The van der Waals surface area contributed by atoms with E-state index in [4.69, 9.17) is 13.9 Å². The maximum atomic E-state index is 12.3. The van der Waals surface area contributed by atoms with Crippen LogP contribution in [0.25, 0.3) is 0 Å². The lowest BCUT2D eigenvalue weighted by molar-refractivity contribution is -0.0728. The smallest absolute Gasteiger partial charge is 0.330 e. The normalized spacial score (nSPS) is 26.5. The van der Waals surface area contributed by atoms with Crippen LogP contribution in [-0.4, -0.2) is 79.5 Å². The lowest BCUT2D eigenvalue weighted by Crippen LogP contribution is -2.50. The Labute approximate surface area is 191 Å². The number of aliphatic hydroxyl groups excluding tert-OH is 1.